The monoisotopic (exact) mass is 310 g/mol. The maximum Gasteiger partial charge on any atom is 0.228 e. The molecule has 0 atom stereocenters. The van der Waals surface area contributed by atoms with Crippen LogP contribution in [-0.4, -0.2) is 6.86 Å². The number of aryl methyl sites for hydroxylation is 1. The highest BCUT2D eigenvalue weighted by Gasteiger charge is 2.08. The van der Waals surface area contributed by atoms with Crippen LogP contribution in [0.25, 0.3) is 22.3 Å². The van der Waals surface area contributed by atoms with E-state index in [1.54, 1.807) is 30.3 Å². The molecule has 0 aliphatic rings. The smallest absolute Gasteiger partial charge is 0.228 e. The summed E-state index contributed by atoms with van der Waals surface area (Å²) in [5.74, 6) is 0.134. The molecule has 0 aromatic heterocycles. The van der Waals surface area contributed by atoms with E-state index in [0.29, 0.717) is 11.3 Å². The molecular weight excluding hydrogens is 294 g/mol. The van der Waals surface area contributed by atoms with Gasteiger partial charge in [0.15, 0.2) is 0 Å². The van der Waals surface area contributed by atoms with Crippen LogP contribution in [0.2, 0.25) is 0 Å². The largest absolute Gasteiger partial charge is 0.463 e. The highest BCUT2D eigenvalue weighted by molar-refractivity contribution is 5.71. The van der Waals surface area contributed by atoms with Gasteiger partial charge in [-0.15, -0.1) is 0 Å². The van der Waals surface area contributed by atoms with E-state index in [4.69, 9.17) is 4.74 Å². The Hall–Kier alpha value is -2.68. The van der Waals surface area contributed by atoms with Crippen molar-refractivity contribution in [2.75, 3.05) is 6.86 Å². The Morgan fingerprint density at radius 2 is 1.39 bits per heavy atom. The molecule has 0 bridgehead atoms. The van der Waals surface area contributed by atoms with Crippen LogP contribution in [0.1, 0.15) is 5.56 Å². The van der Waals surface area contributed by atoms with Crippen molar-refractivity contribution in [1.29, 1.82) is 0 Å². The molecule has 23 heavy (non-hydrogen) atoms. The van der Waals surface area contributed by atoms with E-state index in [-0.39, 0.29) is 5.82 Å². The molecule has 0 heterocycles. The topological polar surface area (TPSA) is 9.23 Å². The first-order chi connectivity index (χ1) is 11.2. The maximum atomic E-state index is 14.5. The number of halogens is 2. The number of benzene rings is 3. The van der Waals surface area contributed by atoms with Crippen molar-refractivity contribution >= 4 is 0 Å². The summed E-state index contributed by atoms with van der Waals surface area (Å²) >= 11 is 0. The maximum absolute atomic E-state index is 14.5. The van der Waals surface area contributed by atoms with Crippen molar-refractivity contribution in [1.82, 2.24) is 0 Å². The Labute approximate surface area is 134 Å². The molecule has 0 unspecified atom stereocenters. The molecule has 3 heteroatoms. The van der Waals surface area contributed by atoms with E-state index in [1.807, 2.05) is 37.3 Å². The minimum Gasteiger partial charge on any atom is -0.463 e. The van der Waals surface area contributed by atoms with Gasteiger partial charge in [0.05, 0.1) is 0 Å². The van der Waals surface area contributed by atoms with Gasteiger partial charge in [-0.25, -0.2) is 8.78 Å². The van der Waals surface area contributed by atoms with Crippen LogP contribution in [0.5, 0.6) is 5.75 Å². The minimum atomic E-state index is -0.876. The Morgan fingerprint density at radius 3 is 2.00 bits per heavy atom. The van der Waals surface area contributed by atoms with Crippen molar-refractivity contribution in [2.24, 2.45) is 0 Å². The molecule has 0 saturated carbocycles. The van der Waals surface area contributed by atoms with Gasteiger partial charge < -0.3 is 4.74 Å². The lowest BCUT2D eigenvalue weighted by molar-refractivity contribution is 0.192. The molecule has 0 aliphatic carbocycles. The fourth-order valence-corrected chi connectivity index (χ4v) is 2.47. The molecule has 0 spiro atoms. The molecule has 0 aliphatic heterocycles. The third-order valence-electron chi connectivity index (χ3n) is 3.74. The third kappa shape index (κ3) is 3.39. The van der Waals surface area contributed by atoms with Gasteiger partial charge in [-0.3, -0.25) is 0 Å². The molecule has 0 amide bonds. The predicted molar refractivity (Wildman–Crippen MR) is 88.6 cm³/mol. The first kappa shape index (κ1) is 15.2. The van der Waals surface area contributed by atoms with E-state index in [0.717, 1.165) is 16.7 Å². The lowest BCUT2D eigenvalue weighted by atomic mass is 9.99. The highest BCUT2D eigenvalue weighted by Crippen LogP contribution is 2.29. The van der Waals surface area contributed by atoms with Crippen LogP contribution in [-0.2, 0) is 0 Å². The molecule has 0 radical (unpaired) electrons. The molecular formula is C20H16F2O. The molecule has 116 valence electrons. The van der Waals surface area contributed by atoms with Crippen molar-refractivity contribution in [2.45, 2.75) is 6.92 Å². The summed E-state index contributed by atoms with van der Waals surface area (Å²) in [6, 6.07) is 19.8. The first-order valence-electron chi connectivity index (χ1n) is 7.33. The SMILES string of the molecule is Cc1ccc(-c2ccc(-c3ccc(OCF)cc3)c(F)c2)cc1. The van der Waals surface area contributed by atoms with Crippen LogP contribution in [0, 0.1) is 12.7 Å². The van der Waals surface area contributed by atoms with E-state index >= 15 is 0 Å². The van der Waals surface area contributed by atoms with Crippen LogP contribution in [0.3, 0.4) is 0 Å². The lowest BCUT2D eigenvalue weighted by Crippen LogP contribution is -1.90. The van der Waals surface area contributed by atoms with Gasteiger partial charge in [-0.2, -0.15) is 0 Å². The van der Waals surface area contributed by atoms with E-state index in [9.17, 15) is 8.78 Å². The standard InChI is InChI=1S/C20H16F2O/c1-14-2-4-15(5-3-14)17-8-11-19(20(22)12-17)16-6-9-18(10-7-16)23-13-21/h2-12H,13H2,1H3. The quantitative estimate of drug-likeness (QED) is 0.594. The Balaban J connectivity index is 1.91. The zero-order valence-corrected chi connectivity index (χ0v) is 12.7. The van der Waals surface area contributed by atoms with Crippen LogP contribution in [0.4, 0.5) is 8.78 Å². The molecule has 3 aromatic rings. The van der Waals surface area contributed by atoms with Gasteiger partial charge in [0.25, 0.3) is 0 Å². The zero-order valence-electron chi connectivity index (χ0n) is 12.7. The Bertz CT molecular complexity index is 793. The van der Waals surface area contributed by atoms with Gasteiger partial charge in [0.1, 0.15) is 11.6 Å². The lowest BCUT2D eigenvalue weighted by Gasteiger charge is -2.08. The number of hydrogen-bond donors (Lipinski definition) is 0. The fourth-order valence-electron chi connectivity index (χ4n) is 2.47. The van der Waals surface area contributed by atoms with Crippen LogP contribution < -0.4 is 4.74 Å². The number of hydrogen-bond acceptors (Lipinski definition) is 1. The predicted octanol–water partition coefficient (Wildman–Crippen LogP) is 5.77. The summed E-state index contributed by atoms with van der Waals surface area (Å²) in [4.78, 5) is 0. The molecule has 3 rings (SSSR count). The van der Waals surface area contributed by atoms with Crippen molar-refractivity contribution in [3.8, 4) is 28.0 Å². The second kappa shape index (κ2) is 6.61. The molecule has 0 saturated heterocycles. The van der Waals surface area contributed by atoms with Crippen LogP contribution in [0.15, 0.2) is 66.7 Å². The third-order valence-corrected chi connectivity index (χ3v) is 3.74. The summed E-state index contributed by atoms with van der Waals surface area (Å²) in [6.07, 6.45) is 0. The van der Waals surface area contributed by atoms with Gasteiger partial charge in [0.2, 0.25) is 6.86 Å². The summed E-state index contributed by atoms with van der Waals surface area (Å²) in [5.41, 5.74) is 4.22. The Kier molecular flexibility index (Phi) is 4.38. The second-order valence-electron chi connectivity index (χ2n) is 5.34. The van der Waals surface area contributed by atoms with E-state index in [2.05, 4.69) is 0 Å². The number of rotatable bonds is 4. The van der Waals surface area contributed by atoms with Crippen molar-refractivity contribution in [3.63, 3.8) is 0 Å². The first-order valence-corrected chi connectivity index (χ1v) is 7.33. The molecule has 3 aromatic carbocycles. The molecule has 0 N–H and O–H groups in total. The van der Waals surface area contributed by atoms with Gasteiger partial charge in [-0.05, 0) is 41.8 Å². The normalized spacial score (nSPS) is 10.6. The van der Waals surface area contributed by atoms with Crippen LogP contribution >= 0.6 is 0 Å². The number of alkyl halides is 1. The van der Waals surface area contributed by atoms with E-state index < -0.39 is 6.86 Å². The Morgan fingerprint density at radius 1 is 0.783 bits per heavy atom. The fraction of sp³-hybridized carbons (Fsp3) is 0.100. The van der Waals surface area contributed by atoms with Gasteiger partial charge >= 0.3 is 0 Å². The van der Waals surface area contributed by atoms with E-state index in [1.165, 1.54) is 11.6 Å². The van der Waals surface area contributed by atoms with Crippen molar-refractivity contribution in [3.05, 3.63) is 78.1 Å². The zero-order chi connectivity index (χ0) is 16.2. The summed E-state index contributed by atoms with van der Waals surface area (Å²) < 4.78 is 31.3. The summed E-state index contributed by atoms with van der Waals surface area (Å²) in [5, 5.41) is 0. The number of ether oxygens (including phenoxy) is 1. The van der Waals surface area contributed by atoms with Gasteiger partial charge in [0, 0.05) is 5.56 Å². The highest BCUT2D eigenvalue weighted by atomic mass is 19.1. The minimum absolute atomic E-state index is 0.290. The second-order valence-corrected chi connectivity index (χ2v) is 5.34. The average molecular weight is 310 g/mol. The average Bonchev–Trinajstić information content (AvgIpc) is 2.57. The summed E-state index contributed by atoms with van der Waals surface area (Å²) in [7, 11) is 0. The van der Waals surface area contributed by atoms with Gasteiger partial charge in [-0.1, -0.05) is 54.1 Å². The molecule has 0 fully saturated rings. The van der Waals surface area contributed by atoms with Crippen molar-refractivity contribution < 1.29 is 13.5 Å². The summed E-state index contributed by atoms with van der Waals surface area (Å²) in [6.45, 7) is 1.14. The molecule has 1 nitrogen and oxygen atoms in total.